The van der Waals surface area contributed by atoms with Gasteiger partial charge in [0.25, 0.3) is 11.8 Å². The van der Waals surface area contributed by atoms with E-state index in [9.17, 15) is 9.59 Å². The molecule has 3 aromatic rings. The lowest BCUT2D eigenvalue weighted by atomic mass is 10.00. The van der Waals surface area contributed by atoms with E-state index in [4.69, 9.17) is 0 Å². The first-order valence-electron chi connectivity index (χ1n) is 10.2. The molecule has 0 atom stereocenters. The smallest absolute Gasteiger partial charge is 0.282 e. The van der Waals surface area contributed by atoms with E-state index < -0.39 is 0 Å². The predicted octanol–water partition coefficient (Wildman–Crippen LogP) is 5.10. The molecular weight excluding hydrogens is 392 g/mol. The van der Waals surface area contributed by atoms with Crippen LogP contribution < -0.4 is 9.80 Å². The molecule has 2 aliphatic rings. The molecule has 0 saturated heterocycles. The number of thiophene rings is 1. The van der Waals surface area contributed by atoms with Crippen molar-refractivity contribution in [2.24, 2.45) is 0 Å². The van der Waals surface area contributed by atoms with Gasteiger partial charge in [-0.2, -0.15) is 0 Å². The zero-order chi connectivity index (χ0) is 20.8. The largest absolute Gasteiger partial charge is 0.336 e. The monoisotopic (exact) mass is 414 g/mol. The molecule has 0 aliphatic carbocycles. The van der Waals surface area contributed by atoms with Crippen LogP contribution in [0.25, 0.3) is 5.57 Å². The second kappa shape index (κ2) is 7.26. The molecule has 2 aliphatic heterocycles. The Balaban J connectivity index is 1.70. The average molecular weight is 415 g/mol. The number of carbonyl (C=O) groups is 2. The highest BCUT2D eigenvalue weighted by atomic mass is 32.1. The molecule has 0 spiro atoms. The summed E-state index contributed by atoms with van der Waals surface area (Å²) >= 11 is 1.50. The molecule has 5 rings (SSSR count). The molecule has 1 aromatic heterocycles. The van der Waals surface area contributed by atoms with Crippen LogP contribution in [0.3, 0.4) is 0 Å². The molecule has 0 unspecified atom stereocenters. The van der Waals surface area contributed by atoms with Gasteiger partial charge in [-0.05, 0) is 67.0 Å². The molecule has 0 saturated carbocycles. The maximum absolute atomic E-state index is 13.8. The van der Waals surface area contributed by atoms with Gasteiger partial charge in [-0.1, -0.05) is 36.4 Å². The summed E-state index contributed by atoms with van der Waals surface area (Å²) in [6.07, 6.45) is 1.93. The minimum Gasteiger partial charge on any atom is -0.336 e. The van der Waals surface area contributed by atoms with Gasteiger partial charge in [0.05, 0.1) is 11.3 Å². The zero-order valence-electron chi connectivity index (χ0n) is 17.0. The Hall–Kier alpha value is -3.18. The Kier molecular flexibility index (Phi) is 4.55. The normalized spacial score (nSPS) is 16.5. The summed E-state index contributed by atoms with van der Waals surface area (Å²) in [6, 6.07) is 17.9. The molecule has 0 fully saturated rings. The minimum absolute atomic E-state index is 0.241. The van der Waals surface area contributed by atoms with E-state index in [0.29, 0.717) is 17.0 Å². The van der Waals surface area contributed by atoms with Gasteiger partial charge in [0.2, 0.25) is 0 Å². The van der Waals surface area contributed by atoms with Crippen molar-refractivity contribution in [1.29, 1.82) is 0 Å². The Morgan fingerprint density at radius 3 is 2.53 bits per heavy atom. The second-order valence-corrected chi connectivity index (χ2v) is 8.77. The molecule has 150 valence electrons. The van der Waals surface area contributed by atoms with Crippen molar-refractivity contribution in [2.75, 3.05) is 16.3 Å². The summed E-state index contributed by atoms with van der Waals surface area (Å²) in [5.74, 6) is -0.483. The fraction of sp³-hybridized carbons (Fsp3) is 0.200. The first-order chi connectivity index (χ1) is 14.6. The second-order valence-electron chi connectivity index (χ2n) is 7.82. The number of imide groups is 1. The van der Waals surface area contributed by atoms with Crippen molar-refractivity contribution in [3.63, 3.8) is 0 Å². The first kappa shape index (κ1) is 18.8. The van der Waals surface area contributed by atoms with E-state index in [0.717, 1.165) is 41.1 Å². The molecule has 3 heterocycles. The van der Waals surface area contributed by atoms with Gasteiger partial charge in [-0.15, -0.1) is 11.3 Å². The van der Waals surface area contributed by atoms with Crippen molar-refractivity contribution < 1.29 is 9.59 Å². The quantitative estimate of drug-likeness (QED) is 0.560. The molecule has 0 radical (unpaired) electrons. The van der Waals surface area contributed by atoms with Crippen LogP contribution in [0.5, 0.6) is 0 Å². The van der Waals surface area contributed by atoms with Gasteiger partial charge in [0, 0.05) is 17.1 Å². The van der Waals surface area contributed by atoms with E-state index in [1.54, 1.807) is 0 Å². The third kappa shape index (κ3) is 2.89. The van der Waals surface area contributed by atoms with E-state index in [1.165, 1.54) is 21.8 Å². The van der Waals surface area contributed by atoms with Crippen LogP contribution in [-0.4, -0.2) is 18.4 Å². The third-order valence-electron chi connectivity index (χ3n) is 5.81. The Morgan fingerprint density at radius 2 is 1.73 bits per heavy atom. The Morgan fingerprint density at radius 1 is 0.900 bits per heavy atom. The van der Waals surface area contributed by atoms with Gasteiger partial charge in [0.1, 0.15) is 5.70 Å². The molecule has 4 nitrogen and oxygen atoms in total. The molecule has 2 aromatic carbocycles. The van der Waals surface area contributed by atoms with Crippen molar-refractivity contribution in [3.05, 3.63) is 87.2 Å². The van der Waals surface area contributed by atoms with E-state index in [1.807, 2.05) is 67.8 Å². The van der Waals surface area contributed by atoms with Crippen molar-refractivity contribution in [3.8, 4) is 0 Å². The summed E-state index contributed by atoms with van der Waals surface area (Å²) in [7, 11) is 0. The van der Waals surface area contributed by atoms with Gasteiger partial charge >= 0.3 is 0 Å². The molecule has 5 heteroatoms. The van der Waals surface area contributed by atoms with E-state index >= 15 is 0 Å². The van der Waals surface area contributed by atoms with Crippen molar-refractivity contribution in [1.82, 2.24) is 0 Å². The van der Waals surface area contributed by atoms with Crippen LogP contribution >= 0.6 is 11.3 Å². The number of para-hydroxylation sites is 1. The molecule has 0 N–H and O–H groups in total. The molecule has 2 amide bonds. The molecule has 0 bridgehead atoms. The van der Waals surface area contributed by atoms with Gasteiger partial charge < -0.3 is 4.90 Å². The number of benzene rings is 2. The van der Waals surface area contributed by atoms with Gasteiger partial charge in [-0.3, -0.25) is 9.59 Å². The minimum atomic E-state index is -0.242. The third-order valence-corrected chi connectivity index (χ3v) is 6.70. The van der Waals surface area contributed by atoms with Crippen LogP contribution in [-0.2, 0) is 16.0 Å². The fourth-order valence-electron chi connectivity index (χ4n) is 4.36. The summed E-state index contributed by atoms with van der Waals surface area (Å²) < 4.78 is 0. The highest BCUT2D eigenvalue weighted by molar-refractivity contribution is 7.11. The fourth-order valence-corrected chi connectivity index (χ4v) is 5.12. The SMILES string of the molecule is Cc1ccc(C)c(N2C(=O)C(c3cccs3)=C(N3CCCc4ccccc43)C2=O)c1. The molecule has 30 heavy (non-hydrogen) atoms. The summed E-state index contributed by atoms with van der Waals surface area (Å²) in [5, 5.41) is 1.95. The van der Waals surface area contributed by atoms with Crippen molar-refractivity contribution in [2.45, 2.75) is 26.7 Å². The van der Waals surface area contributed by atoms with Crippen LogP contribution in [0.15, 0.2) is 65.7 Å². The van der Waals surface area contributed by atoms with Crippen molar-refractivity contribution >= 4 is 40.1 Å². The lowest BCUT2D eigenvalue weighted by molar-refractivity contribution is -0.120. The highest BCUT2D eigenvalue weighted by Crippen LogP contribution is 2.41. The molecular formula is C25H22N2O2S. The topological polar surface area (TPSA) is 40.6 Å². The van der Waals surface area contributed by atoms with Crippen LogP contribution in [0.4, 0.5) is 11.4 Å². The summed E-state index contributed by atoms with van der Waals surface area (Å²) in [6.45, 7) is 4.64. The number of carbonyl (C=O) groups excluding carboxylic acids is 2. The number of nitrogens with zero attached hydrogens (tertiary/aromatic N) is 2. The number of fused-ring (bicyclic) bond motifs is 1. The van der Waals surface area contributed by atoms with Crippen LogP contribution in [0.2, 0.25) is 0 Å². The maximum Gasteiger partial charge on any atom is 0.282 e. The summed E-state index contributed by atoms with van der Waals surface area (Å²) in [4.78, 5) is 31.7. The van der Waals surface area contributed by atoms with Crippen LogP contribution in [0.1, 0.15) is 28.0 Å². The lowest BCUT2D eigenvalue weighted by Crippen LogP contribution is -2.37. The number of hydrogen-bond donors (Lipinski definition) is 0. The number of rotatable bonds is 3. The highest BCUT2D eigenvalue weighted by Gasteiger charge is 2.44. The Labute approximate surface area is 180 Å². The lowest BCUT2D eigenvalue weighted by Gasteiger charge is -2.32. The van der Waals surface area contributed by atoms with Gasteiger partial charge in [0.15, 0.2) is 0 Å². The zero-order valence-corrected chi connectivity index (χ0v) is 17.8. The number of amides is 2. The Bertz CT molecular complexity index is 1190. The number of aryl methyl sites for hydroxylation is 3. The number of hydrogen-bond acceptors (Lipinski definition) is 4. The van der Waals surface area contributed by atoms with E-state index in [2.05, 4.69) is 11.0 Å². The predicted molar refractivity (Wildman–Crippen MR) is 122 cm³/mol. The number of anilines is 2. The first-order valence-corrected chi connectivity index (χ1v) is 11.0. The average Bonchev–Trinajstić information content (AvgIpc) is 3.36. The van der Waals surface area contributed by atoms with E-state index in [-0.39, 0.29) is 11.8 Å². The van der Waals surface area contributed by atoms with Crippen LogP contribution in [0, 0.1) is 13.8 Å². The van der Waals surface area contributed by atoms with Gasteiger partial charge in [-0.25, -0.2) is 4.90 Å². The standard InChI is InChI=1S/C25H22N2O2S/c1-16-11-12-17(2)20(15-16)27-24(28)22(21-10-6-14-30-21)23(25(27)29)26-13-5-8-18-7-3-4-9-19(18)26/h3-4,6-7,9-12,14-15H,5,8,13H2,1-2H3. The maximum atomic E-state index is 13.8. The summed E-state index contributed by atoms with van der Waals surface area (Å²) in [5.41, 5.74) is 5.84.